The first-order chi connectivity index (χ1) is 9.70. The Balaban J connectivity index is 1.86. The predicted octanol–water partition coefficient (Wildman–Crippen LogP) is 1.69. The van der Waals surface area contributed by atoms with Crippen LogP contribution >= 0.6 is 0 Å². The Kier molecular flexibility index (Phi) is 4.90. The van der Waals surface area contributed by atoms with Crippen molar-refractivity contribution >= 4 is 5.91 Å². The molecular formula is C15H19N3O2. The lowest BCUT2D eigenvalue weighted by Gasteiger charge is -2.15. The molecule has 2 N–H and O–H groups in total. The number of benzene rings is 1. The standard InChI is InChI=1S/C15H19N3O2/c1-18(15(19)11-16)9-5-8-13-10-14(17-20-13)12-6-3-2-4-7-12/h2-4,6-7,10H,5,8-9,11,16H2,1H3. The Morgan fingerprint density at radius 1 is 1.35 bits per heavy atom. The molecule has 0 saturated carbocycles. The number of amides is 1. The number of nitrogens with two attached hydrogens (primary N) is 1. The molecule has 106 valence electrons. The van der Waals surface area contributed by atoms with Crippen LogP contribution < -0.4 is 5.73 Å². The molecule has 1 aromatic heterocycles. The van der Waals surface area contributed by atoms with E-state index in [1.165, 1.54) is 0 Å². The summed E-state index contributed by atoms with van der Waals surface area (Å²) in [5.74, 6) is 0.782. The minimum atomic E-state index is -0.0486. The fraction of sp³-hybridized carbons (Fsp3) is 0.333. The maximum absolute atomic E-state index is 11.3. The zero-order chi connectivity index (χ0) is 14.4. The molecule has 0 atom stereocenters. The molecule has 2 rings (SSSR count). The van der Waals surface area contributed by atoms with Crippen molar-refractivity contribution in [2.24, 2.45) is 5.73 Å². The van der Waals surface area contributed by atoms with Gasteiger partial charge in [0.2, 0.25) is 5.91 Å². The number of hydrogen-bond donors (Lipinski definition) is 1. The molecule has 0 aliphatic carbocycles. The van der Waals surface area contributed by atoms with E-state index in [9.17, 15) is 4.79 Å². The van der Waals surface area contributed by atoms with Gasteiger partial charge in [-0.1, -0.05) is 35.5 Å². The van der Waals surface area contributed by atoms with Crippen LogP contribution in [0.1, 0.15) is 12.2 Å². The highest BCUT2D eigenvalue weighted by Crippen LogP contribution is 2.19. The number of likely N-dealkylation sites (N-methyl/N-ethyl adjacent to an activating group) is 1. The third-order valence-corrected chi connectivity index (χ3v) is 3.15. The maximum Gasteiger partial charge on any atom is 0.236 e. The largest absolute Gasteiger partial charge is 0.361 e. The molecule has 20 heavy (non-hydrogen) atoms. The summed E-state index contributed by atoms with van der Waals surface area (Å²) in [5, 5.41) is 4.06. The van der Waals surface area contributed by atoms with Crippen LogP contribution in [0.3, 0.4) is 0 Å². The zero-order valence-electron chi connectivity index (χ0n) is 11.6. The van der Waals surface area contributed by atoms with E-state index in [1.54, 1.807) is 11.9 Å². The molecule has 1 heterocycles. The Morgan fingerprint density at radius 2 is 2.10 bits per heavy atom. The summed E-state index contributed by atoms with van der Waals surface area (Å²) < 4.78 is 5.31. The molecule has 2 aromatic rings. The van der Waals surface area contributed by atoms with E-state index < -0.39 is 0 Å². The van der Waals surface area contributed by atoms with Gasteiger partial charge in [0.25, 0.3) is 0 Å². The first kappa shape index (κ1) is 14.3. The average Bonchev–Trinajstić information content (AvgIpc) is 2.96. The van der Waals surface area contributed by atoms with Gasteiger partial charge in [0.05, 0.1) is 6.54 Å². The summed E-state index contributed by atoms with van der Waals surface area (Å²) in [6.45, 7) is 0.717. The fourth-order valence-corrected chi connectivity index (χ4v) is 1.95. The SMILES string of the molecule is CN(CCCc1cc(-c2ccccc2)no1)C(=O)CN. The summed E-state index contributed by atoms with van der Waals surface area (Å²) in [4.78, 5) is 12.9. The first-order valence-corrected chi connectivity index (χ1v) is 6.65. The van der Waals surface area contributed by atoms with Crippen LogP contribution in [0.4, 0.5) is 0 Å². The van der Waals surface area contributed by atoms with Gasteiger partial charge in [-0.15, -0.1) is 0 Å². The van der Waals surface area contributed by atoms with E-state index in [0.29, 0.717) is 6.54 Å². The van der Waals surface area contributed by atoms with Crippen LogP contribution in [0, 0.1) is 0 Å². The van der Waals surface area contributed by atoms with Gasteiger partial charge in [-0.05, 0) is 6.42 Å². The summed E-state index contributed by atoms with van der Waals surface area (Å²) in [7, 11) is 1.75. The second-order valence-electron chi connectivity index (χ2n) is 4.67. The van der Waals surface area contributed by atoms with Gasteiger partial charge in [-0.25, -0.2) is 0 Å². The van der Waals surface area contributed by atoms with Crippen molar-refractivity contribution in [3.8, 4) is 11.3 Å². The van der Waals surface area contributed by atoms with Crippen LogP contribution in [0.25, 0.3) is 11.3 Å². The lowest BCUT2D eigenvalue weighted by atomic mass is 10.1. The van der Waals surface area contributed by atoms with Gasteiger partial charge < -0.3 is 15.2 Å². The molecule has 0 bridgehead atoms. The Morgan fingerprint density at radius 3 is 2.80 bits per heavy atom. The summed E-state index contributed by atoms with van der Waals surface area (Å²) in [5.41, 5.74) is 7.18. The van der Waals surface area contributed by atoms with E-state index in [4.69, 9.17) is 10.3 Å². The van der Waals surface area contributed by atoms with Gasteiger partial charge in [0.1, 0.15) is 11.5 Å². The van der Waals surface area contributed by atoms with Gasteiger partial charge in [0, 0.05) is 31.6 Å². The average molecular weight is 273 g/mol. The predicted molar refractivity (Wildman–Crippen MR) is 77.0 cm³/mol. The zero-order valence-corrected chi connectivity index (χ0v) is 11.6. The Hall–Kier alpha value is -2.14. The van der Waals surface area contributed by atoms with Crippen LogP contribution in [0.15, 0.2) is 40.9 Å². The molecular weight excluding hydrogens is 254 g/mol. The molecule has 0 unspecified atom stereocenters. The molecule has 0 saturated heterocycles. The monoisotopic (exact) mass is 273 g/mol. The lowest BCUT2D eigenvalue weighted by molar-refractivity contribution is -0.128. The van der Waals surface area contributed by atoms with Crippen LogP contribution in [0.5, 0.6) is 0 Å². The van der Waals surface area contributed by atoms with E-state index >= 15 is 0 Å². The van der Waals surface area contributed by atoms with Crippen molar-refractivity contribution < 1.29 is 9.32 Å². The van der Waals surface area contributed by atoms with Crippen LogP contribution in [-0.2, 0) is 11.2 Å². The molecule has 0 fully saturated rings. The van der Waals surface area contributed by atoms with Crippen molar-refractivity contribution in [1.82, 2.24) is 10.1 Å². The number of aryl methyl sites for hydroxylation is 1. The summed E-state index contributed by atoms with van der Waals surface area (Å²) >= 11 is 0. The van der Waals surface area contributed by atoms with Crippen LogP contribution in [0.2, 0.25) is 0 Å². The maximum atomic E-state index is 11.3. The highest BCUT2D eigenvalue weighted by molar-refractivity contribution is 5.77. The molecule has 1 amide bonds. The highest BCUT2D eigenvalue weighted by atomic mass is 16.5. The highest BCUT2D eigenvalue weighted by Gasteiger charge is 2.08. The molecule has 0 aliphatic rings. The van der Waals surface area contributed by atoms with Crippen molar-refractivity contribution in [3.05, 3.63) is 42.2 Å². The molecule has 5 nitrogen and oxygen atoms in total. The Labute approximate surface area is 118 Å². The van der Waals surface area contributed by atoms with Crippen molar-refractivity contribution in [2.75, 3.05) is 20.1 Å². The number of carbonyl (C=O) groups excluding carboxylic acids is 1. The van der Waals surface area contributed by atoms with E-state index in [0.717, 1.165) is 29.9 Å². The number of aromatic nitrogens is 1. The topological polar surface area (TPSA) is 72.4 Å². The van der Waals surface area contributed by atoms with Gasteiger partial charge in [-0.2, -0.15) is 0 Å². The summed E-state index contributed by atoms with van der Waals surface area (Å²) in [6, 6.07) is 11.8. The van der Waals surface area contributed by atoms with E-state index in [1.807, 2.05) is 36.4 Å². The molecule has 0 spiro atoms. The number of nitrogens with zero attached hydrogens (tertiary/aromatic N) is 2. The molecule has 0 radical (unpaired) electrons. The number of rotatable bonds is 6. The van der Waals surface area contributed by atoms with Crippen molar-refractivity contribution in [1.29, 1.82) is 0 Å². The van der Waals surface area contributed by atoms with Gasteiger partial charge in [0.15, 0.2) is 0 Å². The first-order valence-electron chi connectivity index (χ1n) is 6.65. The minimum absolute atomic E-state index is 0.0486. The molecule has 5 heteroatoms. The number of carbonyl (C=O) groups is 1. The van der Waals surface area contributed by atoms with Gasteiger partial charge >= 0.3 is 0 Å². The number of hydrogen-bond acceptors (Lipinski definition) is 4. The quantitative estimate of drug-likeness (QED) is 0.869. The van der Waals surface area contributed by atoms with E-state index in [-0.39, 0.29) is 12.5 Å². The minimum Gasteiger partial charge on any atom is -0.361 e. The molecule has 0 aliphatic heterocycles. The normalized spacial score (nSPS) is 10.5. The molecule has 1 aromatic carbocycles. The third kappa shape index (κ3) is 3.68. The fourth-order valence-electron chi connectivity index (χ4n) is 1.95. The second kappa shape index (κ2) is 6.86. The van der Waals surface area contributed by atoms with Crippen LogP contribution in [-0.4, -0.2) is 36.1 Å². The Bertz CT molecular complexity index is 551. The van der Waals surface area contributed by atoms with Gasteiger partial charge in [-0.3, -0.25) is 4.79 Å². The third-order valence-electron chi connectivity index (χ3n) is 3.15. The smallest absolute Gasteiger partial charge is 0.236 e. The summed E-state index contributed by atoms with van der Waals surface area (Å²) in [6.07, 6.45) is 1.58. The van der Waals surface area contributed by atoms with E-state index in [2.05, 4.69) is 5.16 Å². The van der Waals surface area contributed by atoms with Crippen molar-refractivity contribution in [3.63, 3.8) is 0 Å². The van der Waals surface area contributed by atoms with Crippen molar-refractivity contribution in [2.45, 2.75) is 12.8 Å². The second-order valence-corrected chi connectivity index (χ2v) is 4.67. The lowest BCUT2D eigenvalue weighted by Crippen LogP contribution is -2.33.